The van der Waals surface area contributed by atoms with Gasteiger partial charge in [-0.25, -0.2) is 0 Å². The number of nitrogens with one attached hydrogen (secondary N) is 1. The summed E-state index contributed by atoms with van der Waals surface area (Å²) in [5.74, 6) is 2.81. The Morgan fingerprint density at radius 2 is 1.83 bits per heavy atom. The Labute approximate surface area is 140 Å². The Morgan fingerprint density at radius 3 is 2.67 bits per heavy atom. The molecule has 0 saturated carbocycles. The van der Waals surface area contributed by atoms with Crippen molar-refractivity contribution < 1.29 is 9.47 Å². The molecule has 1 N–H and O–H groups in total. The number of ether oxygens (including phenoxy) is 2. The first-order valence-electron chi connectivity index (χ1n) is 8.08. The zero-order valence-electron chi connectivity index (χ0n) is 13.6. The van der Waals surface area contributed by atoms with Gasteiger partial charge in [0.15, 0.2) is 17.3 Å². The van der Waals surface area contributed by atoms with E-state index in [1.807, 2.05) is 18.2 Å². The van der Waals surface area contributed by atoms with Crippen LogP contribution in [-0.2, 0) is 0 Å². The second-order valence-corrected chi connectivity index (χ2v) is 5.91. The number of piperazine rings is 1. The zero-order valence-corrected chi connectivity index (χ0v) is 13.6. The van der Waals surface area contributed by atoms with Gasteiger partial charge < -0.3 is 24.6 Å². The van der Waals surface area contributed by atoms with Gasteiger partial charge in [-0.2, -0.15) is 10.1 Å². The van der Waals surface area contributed by atoms with Crippen molar-refractivity contribution in [2.24, 2.45) is 0 Å². The highest BCUT2D eigenvalue weighted by atomic mass is 16.6. The van der Waals surface area contributed by atoms with E-state index in [2.05, 4.69) is 37.3 Å². The highest BCUT2D eigenvalue weighted by Gasteiger charge is 2.17. The predicted octanol–water partition coefficient (Wildman–Crippen LogP) is 1.14. The monoisotopic (exact) mass is 328 g/mol. The molecular formula is C16H20N6O2. The number of hydrogen-bond donors (Lipinski definition) is 1. The molecule has 0 bridgehead atoms. The largest absolute Gasteiger partial charge is 0.486 e. The summed E-state index contributed by atoms with van der Waals surface area (Å²) in [7, 11) is 2.13. The molecule has 2 aliphatic heterocycles. The van der Waals surface area contributed by atoms with E-state index in [0.717, 1.165) is 49.2 Å². The number of benzene rings is 1. The maximum atomic E-state index is 5.60. The lowest BCUT2D eigenvalue weighted by atomic mass is 10.2. The van der Waals surface area contributed by atoms with E-state index in [-0.39, 0.29) is 0 Å². The molecule has 3 heterocycles. The van der Waals surface area contributed by atoms with Gasteiger partial charge in [0.25, 0.3) is 0 Å². The van der Waals surface area contributed by atoms with Crippen molar-refractivity contribution in [3.05, 3.63) is 24.4 Å². The van der Waals surface area contributed by atoms with Gasteiger partial charge in [0, 0.05) is 37.9 Å². The van der Waals surface area contributed by atoms with Crippen molar-refractivity contribution >= 4 is 17.5 Å². The minimum absolute atomic E-state index is 0.475. The molecule has 2 aliphatic rings. The van der Waals surface area contributed by atoms with Gasteiger partial charge in [0.1, 0.15) is 13.2 Å². The number of aromatic nitrogens is 3. The first-order chi connectivity index (χ1) is 11.8. The molecule has 1 aromatic heterocycles. The Kier molecular flexibility index (Phi) is 4.04. The van der Waals surface area contributed by atoms with Crippen LogP contribution in [0.15, 0.2) is 24.4 Å². The molecule has 0 atom stereocenters. The first kappa shape index (κ1) is 14.9. The van der Waals surface area contributed by atoms with Crippen LogP contribution in [0.5, 0.6) is 11.5 Å². The van der Waals surface area contributed by atoms with E-state index in [1.54, 1.807) is 6.20 Å². The molecule has 126 valence electrons. The lowest BCUT2D eigenvalue weighted by molar-refractivity contribution is 0.171. The van der Waals surface area contributed by atoms with E-state index in [0.29, 0.717) is 19.2 Å². The first-order valence-corrected chi connectivity index (χ1v) is 8.08. The summed E-state index contributed by atoms with van der Waals surface area (Å²) in [5.41, 5.74) is 0.844. The van der Waals surface area contributed by atoms with E-state index in [9.17, 15) is 0 Å². The molecule has 1 aromatic carbocycles. The molecule has 8 nitrogen and oxygen atoms in total. The van der Waals surface area contributed by atoms with Crippen molar-refractivity contribution in [1.29, 1.82) is 0 Å². The summed E-state index contributed by atoms with van der Waals surface area (Å²) in [6, 6.07) is 5.69. The van der Waals surface area contributed by atoms with E-state index < -0.39 is 0 Å². The van der Waals surface area contributed by atoms with E-state index in [1.165, 1.54) is 0 Å². The Bertz CT molecular complexity index is 717. The van der Waals surface area contributed by atoms with Gasteiger partial charge in [-0.05, 0) is 19.2 Å². The number of nitrogens with zero attached hydrogens (tertiary/aromatic N) is 5. The fraction of sp³-hybridized carbons (Fsp3) is 0.438. The van der Waals surface area contributed by atoms with Crippen LogP contribution < -0.4 is 19.7 Å². The normalized spacial score (nSPS) is 17.6. The fourth-order valence-corrected chi connectivity index (χ4v) is 2.79. The van der Waals surface area contributed by atoms with Crippen LogP contribution in [0.25, 0.3) is 0 Å². The van der Waals surface area contributed by atoms with Crippen LogP contribution in [0.3, 0.4) is 0 Å². The lowest BCUT2D eigenvalue weighted by Crippen LogP contribution is -2.44. The van der Waals surface area contributed by atoms with Gasteiger partial charge in [-0.1, -0.05) is 0 Å². The van der Waals surface area contributed by atoms with Crippen LogP contribution >= 0.6 is 0 Å². The summed E-state index contributed by atoms with van der Waals surface area (Å²) < 4.78 is 11.1. The van der Waals surface area contributed by atoms with Crippen molar-refractivity contribution in [2.45, 2.75) is 0 Å². The van der Waals surface area contributed by atoms with E-state index in [4.69, 9.17) is 9.47 Å². The molecule has 0 spiro atoms. The summed E-state index contributed by atoms with van der Waals surface area (Å²) >= 11 is 0. The minimum atomic E-state index is 0.475. The van der Waals surface area contributed by atoms with Crippen molar-refractivity contribution in [3.63, 3.8) is 0 Å². The Hall–Kier alpha value is -2.61. The van der Waals surface area contributed by atoms with Gasteiger partial charge in [-0.3, -0.25) is 0 Å². The third-order valence-corrected chi connectivity index (χ3v) is 4.17. The highest BCUT2D eigenvalue weighted by Crippen LogP contribution is 2.33. The van der Waals surface area contributed by atoms with Gasteiger partial charge in [0.2, 0.25) is 5.95 Å². The molecule has 2 aromatic rings. The molecule has 0 radical (unpaired) electrons. The summed E-state index contributed by atoms with van der Waals surface area (Å²) in [6.45, 7) is 5.08. The molecule has 24 heavy (non-hydrogen) atoms. The molecule has 0 amide bonds. The molecule has 1 saturated heterocycles. The third-order valence-electron chi connectivity index (χ3n) is 4.17. The van der Waals surface area contributed by atoms with Gasteiger partial charge in [-0.15, -0.1) is 5.10 Å². The quantitative estimate of drug-likeness (QED) is 0.899. The van der Waals surface area contributed by atoms with Crippen LogP contribution in [0, 0.1) is 0 Å². The maximum Gasteiger partial charge on any atom is 0.249 e. The van der Waals surface area contributed by atoms with Gasteiger partial charge in [0.05, 0.1) is 6.20 Å². The Balaban J connectivity index is 1.49. The van der Waals surface area contributed by atoms with E-state index >= 15 is 0 Å². The summed E-state index contributed by atoms with van der Waals surface area (Å²) in [6.07, 6.45) is 1.71. The van der Waals surface area contributed by atoms with Gasteiger partial charge >= 0.3 is 0 Å². The average molecular weight is 328 g/mol. The molecule has 1 fully saturated rings. The third kappa shape index (κ3) is 3.18. The fourth-order valence-electron chi connectivity index (χ4n) is 2.79. The minimum Gasteiger partial charge on any atom is -0.486 e. The number of rotatable bonds is 3. The number of hydrogen-bond acceptors (Lipinski definition) is 8. The van der Waals surface area contributed by atoms with Crippen LogP contribution in [0.1, 0.15) is 0 Å². The predicted molar refractivity (Wildman–Crippen MR) is 90.3 cm³/mol. The van der Waals surface area contributed by atoms with Crippen LogP contribution in [0.4, 0.5) is 17.5 Å². The maximum absolute atomic E-state index is 5.60. The number of anilines is 3. The highest BCUT2D eigenvalue weighted by molar-refractivity contribution is 5.60. The molecular weight excluding hydrogens is 308 g/mol. The average Bonchev–Trinajstić information content (AvgIpc) is 2.62. The second kappa shape index (κ2) is 6.48. The molecule has 0 unspecified atom stereocenters. The van der Waals surface area contributed by atoms with Crippen LogP contribution in [0.2, 0.25) is 0 Å². The summed E-state index contributed by atoms with van der Waals surface area (Å²) in [4.78, 5) is 9.11. The SMILES string of the molecule is CN1CCN(c2cnnc(Nc3ccc4c(c3)OCCO4)n2)CC1. The number of likely N-dealkylation sites (N-methyl/N-ethyl adjacent to an activating group) is 1. The van der Waals surface area contributed by atoms with Crippen LogP contribution in [-0.4, -0.2) is 66.5 Å². The summed E-state index contributed by atoms with van der Waals surface area (Å²) in [5, 5.41) is 11.3. The smallest absolute Gasteiger partial charge is 0.249 e. The lowest BCUT2D eigenvalue weighted by Gasteiger charge is -2.32. The molecule has 0 aliphatic carbocycles. The molecule has 8 heteroatoms. The van der Waals surface area contributed by atoms with Crippen molar-refractivity contribution in [3.8, 4) is 11.5 Å². The Morgan fingerprint density at radius 1 is 1.04 bits per heavy atom. The molecule has 4 rings (SSSR count). The second-order valence-electron chi connectivity index (χ2n) is 5.91. The number of fused-ring (bicyclic) bond motifs is 1. The van der Waals surface area contributed by atoms with Crippen molar-refractivity contribution in [2.75, 3.05) is 56.7 Å². The zero-order chi connectivity index (χ0) is 16.4. The topological polar surface area (TPSA) is 75.6 Å². The standard InChI is InChI=1S/C16H20N6O2/c1-21-4-6-22(7-5-21)15-11-17-20-16(19-15)18-12-2-3-13-14(10-12)24-9-8-23-13/h2-3,10-11H,4-9H2,1H3,(H,18,19,20). The van der Waals surface area contributed by atoms with Crippen molar-refractivity contribution in [1.82, 2.24) is 20.1 Å².